The third-order valence-electron chi connectivity index (χ3n) is 5.21. The Hall–Kier alpha value is -4.52. The molecule has 0 aliphatic carbocycles. The van der Waals surface area contributed by atoms with Crippen LogP contribution in [0.2, 0.25) is 0 Å². The van der Waals surface area contributed by atoms with Gasteiger partial charge in [-0.3, -0.25) is 9.59 Å². The van der Waals surface area contributed by atoms with E-state index in [4.69, 9.17) is 5.10 Å². The fourth-order valence-electron chi connectivity index (χ4n) is 3.64. The number of hydrogen-bond donors (Lipinski definition) is 2. The van der Waals surface area contributed by atoms with Crippen molar-refractivity contribution in [2.45, 2.75) is 6.54 Å². The van der Waals surface area contributed by atoms with Gasteiger partial charge in [0, 0.05) is 29.3 Å². The van der Waals surface area contributed by atoms with Crippen LogP contribution in [0.1, 0.15) is 16.1 Å². The Kier molecular flexibility index (Phi) is 5.05. The van der Waals surface area contributed by atoms with E-state index >= 15 is 0 Å². The van der Waals surface area contributed by atoms with E-state index in [-0.39, 0.29) is 23.7 Å². The van der Waals surface area contributed by atoms with Crippen molar-refractivity contribution in [1.29, 1.82) is 0 Å². The summed E-state index contributed by atoms with van der Waals surface area (Å²) in [6.07, 6.45) is 1.91. The Bertz CT molecular complexity index is 1460. The zero-order valence-corrected chi connectivity index (χ0v) is 17.0. The number of benzene rings is 3. The number of hydrogen-bond acceptors (Lipinski definition) is 4. The van der Waals surface area contributed by atoms with Crippen LogP contribution in [0.5, 0.6) is 0 Å². The molecule has 32 heavy (non-hydrogen) atoms. The SMILES string of the molecule is O=C(NCc1cn(-c2ccccc2)nc1-c1ccccc1)c1n[nH]c(=O)c2ccccc12. The largest absolute Gasteiger partial charge is 0.346 e. The molecule has 0 atom stereocenters. The molecule has 3 aromatic carbocycles. The minimum atomic E-state index is -0.371. The van der Waals surface area contributed by atoms with Crippen molar-refractivity contribution in [2.24, 2.45) is 0 Å². The summed E-state index contributed by atoms with van der Waals surface area (Å²) in [5.74, 6) is -0.371. The second kappa shape index (κ2) is 8.31. The molecule has 0 saturated heterocycles. The predicted molar refractivity (Wildman–Crippen MR) is 123 cm³/mol. The fourth-order valence-corrected chi connectivity index (χ4v) is 3.64. The van der Waals surface area contributed by atoms with Crippen LogP contribution < -0.4 is 10.9 Å². The van der Waals surface area contributed by atoms with Crippen LogP contribution in [-0.4, -0.2) is 25.9 Å². The second-order valence-corrected chi connectivity index (χ2v) is 7.28. The number of rotatable bonds is 5. The number of aromatic amines is 1. The summed E-state index contributed by atoms with van der Waals surface area (Å²) in [6, 6.07) is 26.5. The molecular formula is C25H19N5O2. The first kappa shape index (κ1) is 19.4. The molecule has 5 rings (SSSR count). The molecule has 0 unspecified atom stereocenters. The first-order valence-electron chi connectivity index (χ1n) is 10.2. The maximum atomic E-state index is 12.9. The maximum Gasteiger partial charge on any atom is 0.272 e. The van der Waals surface area contributed by atoms with E-state index in [1.165, 1.54) is 0 Å². The Morgan fingerprint density at radius 1 is 0.875 bits per heavy atom. The van der Waals surface area contributed by atoms with E-state index in [0.717, 1.165) is 22.5 Å². The number of nitrogens with zero attached hydrogens (tertiary/aromatic N) is 3. The number of nitrogens with one attached hydrogen (secondary N) is 2. The molecule has 0 spiro atoms. The smallest absolute Gasteiger partial charge is 0.272 e. The molecule has 7 heteroatoms. The number of carbonyl (C=O) groups excluding carboxylic acids is 1. The highest BCUT2D eigenvalue weighted by Crippen LogP contribution is 2.24. The highest BCUT2D eigenvalue weighted by atomic mass is 16.2. The minimum Gasteiger partial charge on any atom is -0.346 e. The first-order chi connectivity index (χ1) is 15.7. The highest BCUT2D eigenvalue weighted by Gasteiger charge is 2.17. The zero-order valence-electron chi connectivity index (χ0n) is 17.0. The summed E-state index contributed by atoms with van der Waals surface area (Å²) < 4.78 is 1.80. The number of para-hydroxylation sites is 1. The molecule has 5 aromatic rings. The Labute approximate surface area is 183 Å². The van der Waals surface area contributed by atoms with Crippen molar-refractivity contribution in [3.05, 3.63) is 113 Å². The number of carbonyl (C=O) groups is 1. The maximum absolute atomic E-state index is 12.9. The van der Waals surface area contributed by atoms with Crippen LogP contribution in [0.3, 0.4) is 0 Å². The van der Waals surface area contributed by atoms with E-state index in [1.807, 2.05) is 66.9 Å². The van der Waals surface area contributed by atoms with Crippen molar-refractivity contribution < 1.29 is 4.79 Å². The first-order valence-corrected chi connectivity index (χ1v) is 10.2. The molecule has 2 N–H and O–H groups in total. The zero-order chi connectivity index (χ0) is 21.9. The van der Waals surface area contributed by atoms with Gasteiger partial charge in [0.1, 0.15) is 0 Å². The molecule has 1 amide bonds. The Morgan fingerprint density at radius 3 is 2.28 bits per heavy atom. The average molecular weight is 421 g/mol. The van der Waals surface area contributed by atoms with Crippen molar-refractivity contribution in [2.75, 3.05) is 0 Å². The van der Waals surface area contributed by atoms with Crippen molar-refractivity contribution in [3.63, 3.8) is 0 Å². The van der Waals surface area contributed by atoms with E-state index in [1.54, 1.807) is 28.9 Å². The highest BCUT2D eigenvalue weighted by molar-refractivity contribution is 6.04. The third-order valence-corrected chi connectivity index (χ3v) is 5.21. The van der Waals surface area contributed by atoms with Crippen molar-refractivity contribution >= 4 is 16.7 Å². The third kappa shape index (κ3) is 3.67. The van der Waals surface area contributed by atoms with Crippen LogP contribution in [0.4, 0.5) is 0 Å². The molecule has 156 valence electrons. The summed E-state index contributed by atoms with van der Waals surface area (Å²) in [6.45, 7) is 0.255. The van der Waals surface area contributed by atoms with Gasteiger partial charge in [-0.15, -0.1) is 0 Å². The molecule has 0 aliphatic heterocycles. The van der Waals surface area contributed by atoms with Crippen LogP contribution in [0.15, 0.2) is 95.9 Å². The van der Waals surface area contributed by atoms with Crippen LogP contribution in [0.25, 0.3) is 27.7 Å². The topological polar surface area (TPSA) is 92.7 Å². The van der Waals surface area contributed by atoms with Gasteiger partial charge < -0.3 is 5.32 Å². The summed E-state index contributed by atoms with van der Waals surface area (Å²) in [5.41, 5.74) is 3.38. The summed E-state index contributed by atoms with van der Waals surface area (Å²) >= 11 is 0. The van der Waals surface area contributed by atoms with Gasteiger partial charge in [-0.25, -0.2) is 9.78 Å². The molecule has 0 bridgehead atoms. The normalized spacial score (nSPS) is 10.9. The van der Waals surface area contributed by atoms with Crippen LogP contribution >= 0.6 is 0 Å². The predicted octanol–water partition coefficient (Wildman–Crippen LogP) is 3.71. The van der Waals surface area contributed by atoms with Gasteiger partial charge in [-0.2, -0.15) is 10.2 Å². The van der Waals surface area contributed by atoms with Gasteiger partial charge in [0.2, 0.25) is 0 Å². The van der Waals surface area contributed by atoms with Crippen LogP contribution in [0, 0.1) is 0 Å². The van der Waals surface area contributed by atoms with E-state index in [2.05, 4.69) is 15.5 Å². The van der Waals surface area contributed by atoms with Gasteiger partial charge in [0.05, 0.1) is 16.8 Å². The number of H-pyrrole nitrogens is 1. The lowest BCUT2D eigenvalue weighted by molar-refractivity contribution is 0.0947. The van der Waals surface area contributed by atoms with Gasteiger partial charge in [-0.05, 0) is 18.2 Å². The Morgan fingerprint density at radius 2 is 1.53 bits per heavy atom. The minimum absolute atomic E-state index is 0.178. The number of amides is 1. The van der Waals surface area contributed by atoms with Gasteiger partial charge >= 0.3 is 0 Å². The van der Waals surface area contributed by atoms with Crippen molar-refractivity contribution in [1.82, 2.24) is 25.3 Å². The second-order valence-electron chi connectivity index (χ2n) is 7.28. The quantitative estimate of drug-likeness (QED) is 0.453. The molecule has 2 heterocycles. The lowest BCUT2D eigenvalue weighted by Crippen LogP contribution is -2.26. The summed E-state index contributed by atoms with van der Waals surface area (Å²) in [7, 11) is 0. The lowest BCUT2D eigenvalue weighted by atomic mass is 10.1. The van der Waals surface area contributed by atoms with Gasteiger partial charge in [-0.1, -0.05) is 66.7 Å². The van der Waals surface area contributed by atoms with E-state index < -0.39 is 0 Å². The van der Waals surface area contributed by atoms with Gasteiger partial charge in [0.15, 0.2) is 5.69 Å². The van der Waals surface area contributed by atoms with E-state index in [9.17, 15) is 9.59 Å². The van der Waals surface area contributed by atoms with Gasteiger partial charge in [0.25, 0.3) is 11.5 Å². The molecule has 0 saturated carbocycles. The number of aromatic nitrogens is 4. The monoisotopic (exact) mass is 421 g/mol. The lowest BCUT2D eigenvalue weighted by Gasteiger charge is -2.07. The molecule has 0 fully saturated rings. The molecule has 7 nitrogen and oxygen atoms in total. The number of fused-ring (bicyclic) bond motifs is 1. The molecule has 2 aromatic heterocycles. The fraction of sp³-hybridized carbons (Fsp3) is 0.0400. The molecular weight excluding hydrogens is 402 g/mol. The average Bonchev–Trinajstić information content (AvgIpc) is 3.28. The van der Waals surface area contributed by atoms with Crippen molar-refractivity contribution in [3.8, 4) is 16.9 Å². The summed E-state index contributed by atoms with van der Waals surface area (Å²) in [5, 5.41) is 15.0. The summed E-state index contributed by atoms with van der Waals surface area (Å²) in [4.78, 5) is 25.0. The molecule has 0 aliphatic rings. The standard InChI is InChI=1S/C25H19N5O2/c31-24-21-14-8-7-13-20(21)23(27-28-24)25(32)26-15-18-16-30(19-11-5-2-6-12-19)29-22(18)17-9-3-1-4-10-17/h1-14,16H,15H2,(H,26,32)(H,28,31). The van der Waals surface area contributed by atoms with E-state index in [0.29, 0.717) is 10.8 Å². The van der Waals surface area contributed by atoms with Crippen LogP contribution in [-0.2, 0) is 6.54 Å². The Balaban J connectivity index is 1.48. The molecule has 0 radical (unpaired) electrons.